The smallest absolute Gasteiger partial charge is 0.234 e. The Morgan fingerprint density at radius 2 is 1.70 bits per heavy atom. The van der Waals surface area contributed by atoms with Crippen molar-refractivity contribution in [2.24, 2.45) is 5.92 Å². The Morgan fingerprint density at radius 3 is 2.39 bits per heavy atom. The maximum Gasteiger partial charge on any atom is 0.234 e. The summed E-state index contributed by atoms with van der Waals surface area (Å²) in [7, 11) is 0. The number of hydrogen-bond acceptors (Lipinski definition) is 3. The zero-order valence-corrected chi connectivity index (χ0v) is 13.1. The van der Waals surface area contributed by atoms with Crippen LogP contribution in [0.25, 0.3) is 0 Å². The second-order valence-electron chi connectivity index (χ2n) is 5.91. The molecule has 120 valence electrons. The number of benzene rings is 2. The summed E-state index contributed by atoms with van der Waals surface area (Å²) in [5.74, 6) is 2.43. The number of carbonyl (C=O) groups excluding carboxylic acids is 1. The van der Waals surface area contributed by atoms with Gasteiger partial charge in [-0.15, -0.1) is 0 Å². The highest BCUT2D eigenvalue weighted by Crippen LogP contribution is 2.27. The van der Waals surface area contributed by atoms with Crippen LogP contribution < -0.4 is 15.4 Å². The fraction of sp³-hybridized carbons (Fsp3) is 0.316. The van der Waals surface area contributed by atoms with E-state index in [0.717, 1.165) is 29.5 Å². The van der Waals surface area contributed by atoms with Gasteiger partial charge in [-0.05, 0) is 55.1 Å². The molecule has 4 nitrogen and oxygen atoms in total. The lowest BCUT2D eigenvalue weighted by atomic mass is 10.2. The van der Waals surface area contributed by atoms with Crippen LogP contribution in [0.15, 0.2) is 54.6 Å². The number of carbonyl (C=O) groups is 1. The topological polar surface area (TPSA) is 50.4 Å². The van der Waals surface area contributed by atoms with Crippen molar-refractivity contribution in [3.63, 3.8) is 0 Å². The molecule has 1 fully saturated rings. The molecule has 2 aromatic rings. The summed E-state index contributed by atoms with van der Waals surface area (Å²) < 4.78 is 5.74. The van der Waals surface area contributed by atoms with E-state index >= 15 is 0 Å². The monoisotopic (exact) mass is 310 g/mol. The fourth-order valence-corrected chi connectivity index (χ4v) is 2.27. The highest BCUT2D eigenvalue weighted by atomic mass is 16.5. The first-order chi connectivity index (χ1) is 11.3. The maximum absolute atomic E-state index is 11.7. The summed E-state index contributed by atoms with van der Waals surface area (Å²) in [4.78, 5) is 11.7. The van der Waals surface area contributed by atoms with Crippen molar-refractivity contribution in [1.29, 1.82) is 0 Å². The second kappa shape index (κ2) is 7.79. The molecule has 0 unspecified atom stereocenters. The SMILES string of the molecule is O=C(CNCC1CC1)NCc1ccc(Oc2ccccc2)cc1. The van der Waals surface area contributed by atoms with Crippen molar-refractivity contribution in [2.45, 2.75) is 19.4 Å². The number of rotatable bonds is 8. The number of nitrogens with one attached hydrogen (secondary N) is 2. The van der Waals surface area contributed by atoms with Crippen LogP contribution in [-0.4, -0.2) is 19.0 Å². The Hall–Kier alpha value is -2.33. The third-order valence-electron chi connectivity index (χ3n) is 3.81. The van der Waals surface area contributed by atoms with E-state index in [1.807, 2.05) is 54.6 Å². The van der Waals surface area contributed by atoms with E-state index in [-0.39, 0.29) is 5.91 Å². The Morgan fingerprint density at radius 1 is 1.00 bits per heavy atom. The molecule has 0 aliphatic heterocycles. The third kappa shape index (κ3) is 5.42. The van der Waals surface area contributed by atoms with Crippen molar-refractivity contribution in [3.8, 4) is 11.5 Å². The van der Waals surface area contributed by atoms with Crippen LogP contribution in [0, 0.1) is 5.92 Å². The zero-order valence-electron chi connectivity index (χ0n) is 13.1. The van der Waals surface area contributed by atoms with E-state index in [2.05, 4.69) is 10.6 Å². The van der Waals surface area contributed by atoms with E-state index in [1.165, 1.54) is 12.8 Å². The summed E-state index contributed by atoms with van der Waals surface area (Å²) >= 11 is 0. The van der Waals surface area contributed by atoms with Gasteiger partial charge in [0.25, 0.3) is 0 Å². The molecule has 3 rings (SSSR count). The van der Waals surface area contributed by atoms with Gasteiger partial charge >= 0.3 is 0 Å². The number of hydrogen-bond donors (Lipinski definition) is 2. The Balaban J connectivity index is 1.41. The van der Waals surface area contributed by atoms with Crippen molar-refractivity contribution in [1.82, 2.24) is 10.6 Å². The van der Waals surface area contributed by atoms with Gasteiger partial charge in [0.1, 0.15) is 11.5 Å². The first kappa shape index (κ1) is 15.6. The van der Waals surface area contributed by atoms with Crippen molar-refractivity contribution >= 4 is 5.91 Å². The second-order valence-corrected chi connectivity index (χ2v) is 5.91. The third-order valence-corrected chi connectivity index (χ3v) is 3.81. The summed E-state index contributed by atoms with van der Waals surface area (Å²) in [5.41, 5.74) is 1.06. The minimum atomic E-state index is 0.0373. The molecule has 4 heteroatoms. The standard InChI is InChI=1S/C19H22N2O2/c22-19(14-20-12-15-6-7-15)21-13-16-8-10-18(11-9-16)23-17-4-2-1-3-5-17/h1-5,8-11,15,20H,6-7,12-14H2,(H,21,22). The van der Waals surface area contributed by atoms with Gasteiger partial charge in [0.2, 0.25) is 5.91 Å². The molecular formula is C19H22N2O2. The number of ether oxygens (including phenoxy) is 1. The van der Waals surface area contributed by atoms with Crippen LogP contribution in [0.2, 0.25) is 0 Å². The largest absolute Gasteiger partial charge is 0.457 e. The van der Waals surface area contributed by atoms with Crippen LogP contribution in [0.3, 0.4) is 0 Å². The van der Waals surface area contributed by atoms with E-state index < -0.39 is 0 Å². The molecule has 1 aliphatic carbocycles. The molecule has 0 saturated heterocycles. The first-order valence-corrected chi connectivity index (χ1v) is 8.09. The van der Waals surface area contributed by atoms with Gasteiger partial charge in [-0.25, -0.2) is 0 Å². The van der Waals surface area contributed by atoms with E-state index in [9.17, 15) is 4.79 Å². The highest BCUT2D eigenvalue weighted by molar-refractivity contribution is 5.77. The van der Waals surface area contributed by atoms with E-state index in [0.29, 0.717) is 13.1 Å². The molecule has 0 heterocycles. The minimum absolute atomic E-state index is 0.0373. The predicted molar refractivity (Wildman–Crippen MR) is 90.4 cm³/mol. The van der Waals surface area contributed by atoms with E-state index in [1.54, 1.807) is 0 Å². The van der Waals surface area contributed by atoms with Crippen LogP contribution >= 0.6 is 0 Å². The minimum Gasteiger partial charge on any atom is -0.457 e. The average Bonchev–Trinajstić information content (AvgIpc) is 3.39. The molecule has 23 heavy (non-hydrogen) atoms. The van der Waals surface area contributed by atoms with Gasteiger partial charge in [0.15, 0.2) is 0 Å². The molecule has 0 radical (unpaired) electrons. The lowest BCUT2D eigenvalue weighted by Crippen LogP contribution is -2.34. The highest BCUT2D eigenvalue weighted by Gasteiger charge is 2.20. The van der Waals surface area contributed by atoms with Gasteiger partial charge < -0.3 is 15.4 Å². The van der Waals surface area contributed by atoms with Gasteiger partial charge in [-0.3, -0.25) is 4.79 Å². The van der Waals surface area contributed by atoms with Crippen LogP contribution in [-0.2, 0) is 11.3 Å². The molecule has 0 spiro atoms. The van der Waals surface area contributed by atoms with Gasteiger partial charge in [-0.1, -0.05) is 30.3 Å². The van der Waals surface area contributed by atoms with Gasteiger partial charge in [0.05, 0.1) is 6.54 Å². The Bertz CT molecular complexity index is 622. The normalized spacial score (nSPS) is 13.6. The average molecular weight is 310 g/mol. The van der Waals surface area contributed by atoms with Crippen LogP contribution in [0.4, 0.5) is 0 Å². The molecular weight excluding hydrogens is 288 g/mol. The molecule has 2 N–H and O–H groups in total. The summed E-state index contributed by atoms with van der Waals surface area (Å²) in [6, 6.07) is 17.4. The summed E-state index contributed by atoms with van der Waals surface area (Å²) in [6.07, 6.45) is 2.60. The maximum atomic E-state index is 11.7. The van der Waals surface area contributed by atoms with Crippen LogP contribution in [0.5, 0.6) is 11.5 Å². The number of para-hydroxylation sites is 1. The molecule has 1 amide bonds. The molecule has 0 atom stereocenters. The molecule has 0 aromatic heterocycles. The molecule has 0 bridgehead atoms. The Kier molecular flexibility index (Phi) is 5.27. The summed E-state index contributed by atoms with van der Waals surface area (Å²) in [6.45, 7) is 1.89. The van der Waals surface area contributed by atoms with E-state index in [4.69, 9.17) is 4.74 Å². The van der Waals surface area contributed by atoms with Crippen molar-refractivity contribution in [2.75, 3.05) is 13.1 Å². The lowest BCUT2D eigenvalue weighted by Gasteiger charge is -2.08. The Labute approximate surface area is 136 Å². The zero-order chi connectivity index (χ0) is 15.9. The molecule has 1 saturated carbocycles. The van der Waals surface area contributed by atoms with Gasteiger partial charge in [0, 0.05) is 6.54 Å². The predicted octanol–water partition coefficient (Wildman–Crippen LogP) is 3.09. The lowest BCUT2D eigenvalue weighted by molar-refractivity contribution is -0.120. The quantitative estimate of drug-likeness (QED) is 0.788. The number of amides is 1. The summed E-state index contributed by atoms with van der Waals surface area (Å²) in [5, 5.41) is 6.11. The first-order valence-electron chi connectivity index (χ1n) is 8.09. The molecule has 2 aromatic carbocycles. The fourth-order valence-electron chi connectivity index (χ4n) is 2.27. The van der Waals surface area contributed by atoms with Crippen molar-refractivity contribution < 1.29 is 9.53 Å². The van der Waals surface area contributed by atoms with Gasteiger partial charge in [-0.2, -0.15) is 0 Å². The van der Waals surface area contributed by atoms with Crippen LogP contribution in [0.1, 0.15) is 18.4 Å². The van der Waals surface area contributed by atoms with Crippen molar-refractivity contribution in [3.05, 3.63) is 60.2 Å². The molecule has 1 aliphatic rings.